The van der Waals surface area contributed by atoms with Crippen molar-refractivity contribution in [1.29, 1.82) is 0 Å². The Bertz CT molecular complexity index is 801. The van der Waals surface area contributed by atoms with Crippen molar-refractivity contribution in [2.75, 3.05) is 0 Å². The van der Waals surface area contributed by atoms with E-state index < -0.39 is 0 Å². The van der Waals surface area contributed by atoms with Crippen LogP contribution in [0.2, 0.25) is 6.32 Å². The van der Waals surface area contributed by atoms with Crippen LogP contribution >= 0.6 is 0 Å². The number of aromatic nitrogens is 2. The van der Waals surface area contributed by atoms with Crippen LogP contribution in [0.5, 0.6) is 0 Å². The molecule has 2 aromatic carbocycles. The smallest absolute Gasteiger partial charge is 0.201 e. The van der Waals surface area contributed by atoms with Gasteiger partial charge in [0.05, 0.1) is 5.72 Å². The van der Waals surface area contributed by atoms with Crippen LogP contribution in [0.3, 0.4) is 0 Å². The monoisotopic (exact) mass is 371 g/mol. The van der Waals surface area contributed by atoms with Gasteiger partial charge in [0.2, 0.25) is 7.28 Å². The van der Waals surface area contributed by atoms with Crippen LogP contribution in [0.25, 0.3) is 0 Å². The second-order valence-electron chi connectivity index (χ2n) is 8.31. The minimum atomic E-state index is 0.433. The first kappa shape index (κ1) is 20.4. The van der Waals surface area contributed by atoms with Crippen LogP contribution < -0.4 is 5.72 Å². The van der Waals surface area contributed by atoms with Crippen molar-refractivity contribution < 1.29 is 0 Å². The Hall–Kier alpha value is -2.29. The van der Waals surface area contributed by atoms with E-state index >= 15 is 0 Å². The summed E-state index contributed by atoms with van der Waals surface area (Å²) >= 11 is 0. The van der Waals surface area contributed by atoms with Gasteiger partial charge < -0.3 is 4.98 Å². The number of rotatable bonds is 9. The highest BCUT2D eigenvalue weighted by atomic mass is 14.9. The maximum Gasteiger partial charge on any atom is 0.201 e. The van der Waals surface area contributed by atoms with Crippen LogP contribution in [-0.2, 0) is 0 Å². The number of hydrogen-bond acceptors (Lipinski definition) is 1. The molecule has 0 saturated heterocycles. The molecule has 0 aliphatic heterocycles. The molecule has 0 atom stereocenters. The third-order valence-corrected chi connectivity index (χ3v) is 5.51. The van der Waals surface area contributed by atoms with Gasteiger partial charge in [0.25, 0.3) is 0 Å². The quantitative estimate of drug-likeness (QED) is 0.362. The lowest BCUT2D eigenvalue weighted by Crippen LogP contribution is -2.17. The van der Waals surface area contributed by atoms with Crippen molar-refractivity contribution in [2.24, 2.45) is 0 Å². The number of benzene rings is 2. The van der Waals surface area contributed by atoms with Crippen LogP contribution in [0.1, 0.15) is 80.5 Å². The predicted octanol–water partition coefficient (Wildman–Crippen LogP) is 6.02. The van der Waals surface area contributed by atoms with Crippen molar-refractivity contribution in [1.82, 2.24) is 9.97 Å². The molecule has 28 heavy (non-hydrogen) atoms. The maximum atomic E-state index is 4.30. The lowest BCUT2D eigenvalue weighted by atomic mass is 9.71. The molecule has 0 saturated carbocycles. The van der Waals surface area contributed by atoms with E-state index in [1.165, 1.54) is 22.3 Å². The summed E-state index contributed by atoms with van der Waals surface area (Å²) in [5, 5.41) is 0. The Labute approximate surface area is 171 Å². The molecule has 3 heteroatoms. The summed E-state index contributed by atoms with van der Waals surface area (Å²) in [5.41, 5.74) is 6.68. The molecule has 3 rings (SSSR count). The van der Waals surface area contributed by atoms with Gasteiger partial charge in [-0.05, 0) is 40.5 Å². The first-order valence-electron chi connectivity index (χ1n) is 10.6. The molecule has 0 aliphatic carbocycles. The summed E-state index contributed by atoms with van der Waals surface area (Å²) in [6.07, 6.45) is 7.01. The largest absolute Gasteiger partial charge is 0.357 e. The summed E-state index contributed by atoms with van der Waals surface area (Å²) in [6.45, 7) is 9.08. The second-order valence-corrected chi connectivity index (χ2v) is 8.31. The van der Waals surface area contributed by atoms with Gasteiger partial charge in [-0.1, -0.05) is 89.0 Å². The Morgan fingerprint density at radius 3 is 1.93 bits per heavy atom. The van der Waals surface area contributed by atoms with Crippen molar-refractivity contribution in [3.63, 3.8) is 0 Å². The van der Waals surface area contributed by atoms with Crippen LogP contribution in [0.4, 0.5) is 0 Å². The van der Waals surface area contributed by atoms with E-state index in [9.17, 15) is 0 Å². The van der Waals surface area contributed by atoms with E-state index in [-0.39, 0.29) is 0 Å². The van der Waals surface area contributed by atoms with Gasteiger partial charge >= 0.3 is 0 Å². The summed E-state index contributed by atoms with van der Waals surface area (Å²) in [4.78, 5) is 7.46. The number of nitrogens with one attached hydrogen (secondary N) is 1. The SMILES string of the molecule is CC(C)c1cccc(C(CCC[B]c2ncc[nH]2)c2cccc(C(C)C)c2)c1. The van der Waals surface area contributed by atoms with E-state index in [1.807, 2.05) is 12.4 Å². The number of nitrogens with zero attached hydrogens (tertiary/aromatic N) is 1. The van der Waals surface area contributed by atoms with E-state index in [1.54, 1.807) is 0 Å². The normalized spacial score (nSPS) is 11.5. The summed E-state index contributed by atoms with van der Waals surface area (Å²) < 4.78 is 0. The maximum absolute atomic E-state index is 4.30. The Kier molecular flexibility index (Phi) is 7.14. The summed E-state index contributed by atoms with van der Waals surface area (Å²) in [7, 11) is 2.20. The van der Waals surface area contributed by atoms with Crippen LogP contribution in [0.15, 0.2) is 60.9 Å². The third kappa shape index (κ3) is 5.37. The lowest BCUT2D eigenvalue weighted by Gasteiger charge is -2.21. The molecular weight excluding hydrogens is 339 g/mol. The van der Waals surface area contributed by atoms with Crippen LogP contribution in [-0.4, -0.2) is 17.2 Å². The lowest BCUT2D eigenvalue weighted by molar-refractivity contribution is 0.692. The molecule has 1 N–H and O–H groups in total. The number of hydrogen-bond donors (Lipinski definition) is 1. The molecule has 2 nitrogen and oxygen atoms in total. The van der Waals surface area contributed by atoms with E-state index in [4.69, 9.17) is 0 Å². The fraction of sp³-hybridized carbons (Fsp3) is 0.400. The molecule has 0 amide bonds. The first-order valence-corrected chi connectivity index (χ1v) is 10.6. The number of aromatic amines is 1. The van der Waals surface area contributed by atoms with Gasteiger partial charge in [-0.3, -0.25) is 4.98 Å². The fourth-order valence-electron chi connectivity index (χ4n) is 3.75. The predicted molar refractivity (Wildman–Crippen MR) is 121 cm³/mol. The Balaban J connectivity index is 1.81. The molecular formula is C25H32BN2. The van der Waals surface area contributed by atoms with Crippen molar-refractivity contribution in [3.8, 4) is 0 Å². The molecule has 0 spiro atoms. The molecule has 1 heterocycles. The topological polar surface area (TPSA) is 28.7 Å². The highest BCUT2D eigenvalue weighted by Crippen LogP contribution is 2.33. The molecule has 1 radical (unpaired) electrons. The summed E-state index contributed by atoms with van der Waals surface area (Å²) in [6, 6.07) is 18.4. The number of imidazole rings is 1. The van der Waals surface area contributed by atoms with E-state index in [0.717, 1.165) is 24.9 Å². The highest BCUT2D eigenvalue weighted by molar-refractivity contribution is 6.51. The minimum absolute atomic E-state index is 0.433. The fourth-order valence-corrected chi connectivity index (χ4v) is 3.75. The molecule has 0 fully saturated rings. The Morgan fingerprint density at radius 2 is 1.43 bits per heavy atom. The van der Waals surface area contributed by atoms with Gasteiger partial charge in [0, 0.05) is 18.3 Å². The first-order chi connectivity index (χ1) is 13.5. The average molecular weight is 371 g/mol. The second kappa shape index (κ2) is 9.77. The van der Waals surface area contributed by atoms with Crippen molar-refractivity contribution >= 4 is 13.0 Å². The van der Waals surface area contributed by atoms with Gasteiger partial charge in [-0.25, -0.2) is 0 Å². The van der Waals surface area contributed by atoms with E-state index in [2.05, 4.69) is 93.5 Å². The van der Waals surface area contributed by atoms with Crippen molar-refractivity contribution in [2.45, 2.75) is 64.6 Å². The average Bonchev–Trinajstić information content (AvgIpc) is 3.21. The van der Waals surface area contributed by atoms with E-state index in [0.29, 0.717) is 17.8 Å². The van der Waals surface area contributed by atoms with Crippen LogP contribution in [0, 0.1) is 0 Å². The third-order valence-electron chi connectivity index (χ3n) is 5.51. The molecule has 3 aromatic rings. The van der Waals surface area contributed by atoms with Gasteiger partial charge in [0.1, 0.15) is 0 Å². The molecule has 0 unspecified atom stereocenters. The molecule has 0 bridgehead atoms. The standard InChI is InChI=1S/C25H32BN2/c1-18(2)20-8-5-10-22(16-20)24(12-7-13-26-25-27-14-15-28-25)23-11-6-9-21(17-23)19(3)4/h5-6,8-11,14-19,24H,7,12-13H2,1-4H3,(H,27,28). The molecule has 145 valence electrons. The summed E-state index contributed by atoms with van der Waals surface area (Å²) in [5.74, 6) is 1.53. The molecule has 1 aromatic heterocycles. The zero-order chi connectivity index (χ0) is 19.9. The minimum Gasteiger partial charge on any atom is -0.357 e. The zero-order valence-corrected chi connectivity index (χ0v) is 17.7. The highest BCUT2D eigenvalue weighted by Gasteiger charge is 2.16. The van der Waals surface area contributed by atoms with Gasteiger partial charge in [-0.15, -0.1) is 0 Å². The van der Waals surface area contributed by atoms with Gasteiger partial charge in [0.15, 0.2) is 0 Å². The van der Waals surface area contributed by atoms with Gasteiger partial charge in [-0.2, -0.15) is 0 Å². The number of H-pyrrole nitrogens is 1. The zero-order valence-electron chi connectivity index (χ0n) is 17.7. The molecule has 0 aliphatic rings. The van der Waals surface area contributed by atoms with Crippen molar-refractivity contribution in [3.05, 3.63) is 83.2 Å². The Morgan fingerprint density at radius 1 is 0.857 bits per heavy atom.